The van der Waals surface area contributed by atoms with Crippen LogP contribution in [0, 0.1) is 12.7 Å². The molecule has 1 atom stereocenters. The maximum atomic E-state index is 14.2. The first-order valence-corrected chi connectivity index (χ1v) is 17.5. The molecule has 3 aromatic heterocycles. The minimum atomic E-state index is -0.408. The second-order valence-corrected chi connectivity index (χ2v) is 13.7. The van der Waals surface area contributed by atoms with Crippen LogP contribution in [-0.4, -0.2) is 61.3 Å². The van der Waals surface area contributed by atoms with Crippen molar-refractivity contribution in [2.45, 2.75) is 45.6 Å². The van der Waals surface area contributed by atoms with Gasteiger partial charge in [-0.2, -0.15) is 5.10 Å². The second-order valence-electron chi connectivity index (χ2n) is 12.9. The molecule has 10 nitrogen and oxygen atoms in total. The molecule has 0 bridgehead atoms. The number of ether oxygens (including phenoxy) is 2. The fourth-order valence-corrected chi connectivity index (χ4v) is 6.93. The van der Waals surface area contributed by atoms with Crippen LogP contribution in [0.3, 0.4) is 0 Å². The minimum Gasteiger partial charge on any atom is -0.473 e. The number of carbonyl (C=O) groups is 1. The first-order chi connectivity index (χ1) is 24.8. The van der Waals surface area contributed by atoms with Crippen LogP contribution in [0.25, 0.3) is 27.5 Å². The summed E-state index contributed by atoms with van der Waals surface area (Å²) in [4.78, 5) is 25.5. The van der Waals surface area contributed by atoms with Gasteiger partial charge < -0.3 is 19.4 Å². The number of benzene rings is 3. The van der Waals surface area contributed by atoms with Crippen molar-refractivity contribution in [2.24, 2.45) is 0 Å². The molecule has 6 aromatic rings. The Balaban J connectivity index is 0.971. The van der Waals surface area contributed by atoms with Crippen molar-refractivity contribution in [1.29, 1.82) is 0 Å². The zero-order chi connectivity index (χ0) is 35.1. The number of aryl methyl sites for hydroxylation is 1. The van der Waals surface area contributed by atoms with E-state index < -0.39 is 5.82 Å². The van der Waals surface area contributed by atoms with Gasteiger partial charge in [0.05, 0.1) is 52.2 Å². The fraction of sp³-hybridized carbons (Fsp3) is 0.263. The number of rotatable bonds is 10. The maximum absolute atomic E-state index is 14.2. The highest BCUT2D eigenvalue weighted by molar-refractivity contribution is 6.35. The smallest absolute Gasteiger partial charge is 0.255 e. The third-order valence-corrected chi connectivity index (χ3v) is 9.98. The Labute approximate surface area is 303 Å². The molecule has 51 heavy (non-hydrogen) atoms. The van der Waals surface area contributed by atoms with Gasteiger partial charge >= 0.3 is 0 Å². The van der Waals surface area contributed by atoms with Gasteiger partial charge in [0.15, 0.2) is 0 Å². The van der Waals surface area contributed by atoms with Crippen molar-refractivity contribution in [2.75, 3.05) is 25.0 Å². The van der Waals surface area contributed by atoms with E-state index >= 15 is 0 Å². The van der Waals surface area contributed by atoms with Gasteiger partial charge in [-0.05, 0) is 73.9 Å². The highest BCUT2D eigenvalue weighted by atomic mass is 35.5. The predicted molar refractivity (Wildman–Crippen MR) is 196 cm³/mol. The number of fused-ring (bicyclic) bond motifs is 2. The molecule has 13 heteroatoms. The number of hydrogen-bond acceptors (Lipinski definition) is 7. The van der Waals surface area contributed by atoms with E-state index in [1.807, 2.05) is 43.3 Å². The summed E-state index contributed by atoms with van der Waals surface area (Å²) in [7, 11) is 0. The number of nitrogens with one attached hydrogen (secondary N) is 2. The first kappa shape index (κ1) is 33.3. The molecule has 1 fully saturated rings. The number of anilines is 1. The van der Waals surface area contributed by atoms with Crippen LogP contribution >= 0.6 is 23.2 Å². The van der Waals surface area contributed by atoms with Crippen LogP contribution in [0.15, 0.2) is 72.8 Å². The van der Waals surface area contributed by atoms with Crippen molar-refractivity contribution >= 4 is 62.3 Å². The third kappa shape index (κ3) is 7.07. The van der Waals surface area contributed by atoms with Crippen molar-refractivity contribution in [3.63, 3.8) is 0 Å². The molecule has 2 aliphatic heterocycles. The SMILES string of the molecule is Cc1n[nH]c2c(Cl)cc(NC(=O)c3ccc4c(c3)nc(CN3CC=C(c5cccc(OCc6ccc(Cl)cc6F)n5)CC3)n4C[C@@H]3CCO3)cc12. The zero-order valence-corrected chi connectivity index (χ0v) is 29.3. The zero-order valence-electron chi connectivity index (χ0n) is 27.8. The van der Waals surface area contributed by atoms with Gasteiger partial charge in [-0.15, -0.1) is 0 Å². The molecule has 3 aromatic carbocycles. The van der Waals surface area contributed by atoms with Crippen LogP contribution in [0.2, 0.25) is 10.0 Å². The minimum absolute atomic E-state index is 0.0578. The normalized spacial score (nSPS) is 16.3. The molecule has 0 radical (unpaired) electrons. The van der Waals surface area contributed by atoms with Gasteiger partial charge in [-0.1, -0.05) is 41.4 Å². The number of halogens is 3. The van der Waals surface area contributed by atoms with E-state index in [0.717, 1.165) is 77.3 Å². The summed E-state index contributed by atoms with van der Waals surface area (Å²) in [6.07, 6.45) is 4.13. The number of hydrogen-bond donors (Lipinski definition) is 2. The van der Waals surface area contributed by atoms with Gasteiger partial charge in [0.2, 0.25) is 5.88 Å². The highest BCUT2D eigenvalue weighted by Gasteiger charge is 2.24. The molecule has 0 spiro atoms. The van der Waals surface area contributed by atoms with Crippen LogP contribution in [-0.2, 0) is 24.4 Å². The molecule has 1 amide bonds. The number of H-pyrrole nitrogens is 1. The molecular formula is C38H34Cl2FN7O3. The maximum Gasteiger partial charge on any atom is 0.255 e. The molecule has 0 aliphatic carbocycles. The Bertz CT molecular complexity index is 2320. The Kier molecular flexibility index (Phi) is 9.20. The summed E-state index contributed by atoms with van der Waals surface area (Å²) < 4.78 is 28.1. The van der Waals surface area contributed by atoms with E-state index in [1.54, 1.807) is 24.3 Å². The summed E-state index contributed by atoms with van der Waals surface area (Å²) in [5.41, 5.74) is 6.74. The quantitative estimate of drug-likeness (QED) is 0.147. The Hall–Kier alpha value is -4.81. The number of pyridine rings is 1. The number of amides is 1. The van der Waals surface area contributed by atoms with Crippen LogP contribution in [0.4, 0.5) is 10.1 Å². The molecule has 260 valence electrons. The van der Waals surface area contributed by atoms with Gasteiger partial charge in [0.25, 0.3) is 5.91 Å². The molecule has 1 saturated heterocycles. The van der Waals surface area contributed by atoms with Crippen molar-refractivity contribution in [3.8, 4) is 5.88 Å². The molecule has 8 rings (SSSR count). The first-order valence-electron chi connectivity index (χ1n) is 16.8. The summed E-state index contributed by atoms with van der Waals surface area (Å²) >= 11 is 12.3. The number of nitrogens with zero attached hydrogens (tertiary/aromatic N) is 5. The lowest BCUT2D eigenvalue weighted by molar-refractivity contribution is -0.0591. The number of imidazole rings is 1. The van der Waals surface area contributed by atoms with E-state index in [9.17, 15) is 9.18 Å². The molecule has 0 saturated carbocycles. The van der Waals surface area contributed by atoms with Crippen LogP contribution < -0.4 is 10.1 Å². The van der Waals surface area contributed by atoms with Crippen LogP contribution in [0.1, 0.15) is 46.0 Å². The topological polar surface area (TPSA) is 110 Å². The molecule has 5 heterocycles. The molecule has 2 aliphatic rings. The van der Waals surface area contributed by atoms with Crippen molar-refractivity contribution in [3.05, 3.63) is 117 Å². The number of aromatic nitrogens is 5. The average Bonchev–Trinajstić information content (AvgIpc) is 3.65. The van der Waals surface area contributed by atoms with Crippen molar-refractivity contribution in [1.82, 2.24) is 29.6 Å². The second kappa shape index (κ2) is 14.1. The standard InChI is InChI=1S/C38H34Cl2FN7O3/c1-22-29-17-27(18-30(40)37(29)46-45-22)42-38(49)24-6-8-34-33(15-24)43-35(48(34)19-28-11-14-50-28)20-47-12-9-23(10-13-47)32-3-2-4-36(44-32)51-21-25-5-7-26(39)16-31(25)41/h2-9,15-18,28H,10-14,19-21H2,1H3,(H,42,49)(H,45,46)/t28-/m0/s1. The lowest BCUT2D eigenvalue weighted by Gasteiger charge is -2.29. The van der Waals surface area contributed by atoms with Gasteiger partial charge in [-0.3, -0.25) is 14.8 Å². The Morgan fingerprint density at radius 1 is 1.12 bits per heavy atom. The van der Waals surface area contributed by atoms with Gasteiger partial charge in [0.1, 0.15) is 18.2 Å². The van der Waals surface area contributed by atoms with E-state index in [2.05, 4.69) is 31.1 Å². The fourth-order valence-electron chi connectivity index (χ4n) is 6.51. The molecular weight excluding hydrogens is 692 g/mol. The molecule has 2 N–H and O–H groups in total. The summed E-state index contributed by atoms with van der Waals surface area (Å²) in [6.45, 7) is 5.58. The highest BCUT2D eigenvalue weighted by Crippen LogP contribution is 2.30. The number of aromatic amines is 1. The summed E-state index contributed by atoms with van der Waals surface area (Å²) in [5, 5.41) is 11.8. The summed E-state index contributed by atoms with van der Waals surface area (Å²) in [5.74, 6) is 0.698. The van der Waals surface area contributed by atoms with Gasteiger partial charge in [0, 0.05) is 53.0 Å². The third-order valence-electron chi connectivity index (χ3n) is 9.44. The lowest BCUT2D eigenvalue weighted by Crippen LogP contribution is -2.33. The number of carbonyl (C=O) groups excluding carboxylic acids is 1. The van der Waals surface area contributed by atoms with Gasteiger partial charge in [-0.25, -0.2) is 14.4 Å². The van der Waals surface area contributed by atoms with E-state index in [4.69, 9.17) is 42.6 Å². The van der Waals surface area contributed by atoms with E-state index in [-0.39, 0.29) is 18.6 Å². The lowest BCUT2D eigenvalue weighted by atomic mass is 10.0. The van der Waals surface area contributed by atoms with Crippen LogP contribution in [0.5, 0.6) is 5.88 Å². The Morgan fingerprint density at radius 3 is 2.78 bits per heavy atom. The van der Waals surface area contributed by atoms with E-state index in [1.165, 1.54) is 6.07 Å². The largest absolute Gasteiger partial charge is 0.473 e. The summed E-state index contributed by atoms with van der Waals surface area (Å²) in [6, 6.07) is 19.4. The monoisotopic (exact) mass is 725 g/mol. The van der Waals surface area contributed by atoms with E-state index in [0.29, 0.717) is 45.8 Å². The average molecular weight is 727 g/mol. The Morgan fingerprint density at radius 2 is 2.00 bits per heavy atom. The predicted octanol–water partition coefficient (Wildman–Crippen LogP) is 7.97. The molecule has 0 unspecified atom stereocenters. The van der Waals surface area contributed by atoms with Crippen molar-refractivity contribution < 1.29 is 18.7 Å².